The molecule has 4 heterocycles. The average Bonchev–Trinajstić information content (AvgIpc) is 3.02. The predicted octanol–water partition coefficient (Wildman–Crippen LogP) is 0.759. The molecule has 0 unspecified atom stereocenters. The van der Waals surface area contributed by atoms with Crippen molar-refractivity contribution in [3.63, 3.8) is 0 Å². The van der Waals surface area contributed by atoms with Crippen LogP contribution in [0.3, 0.4) is 0 Å². The van der Waals surface area contributed by atoms with E-state index in [-0.39, 0.29) is 11.9 Å². The van der Waals surface area contributed by atoms with Gasteiger partial charge < -0.3 is 26.8 Å². The van der Waals surface area contributed by atoms with Gasteiger partial charge in [-0.3, -0.25) is 0 Å². The summed E-state index contributed by atoms with van der Waals surface area (Å²) in [6.45, 7) is 0.432. The van der Waals surface area contributed by atoms with E-state index >= 15 is 0 Å². The highest BCUT2D eigenvalue weighted by molar-refractivity contribution is 7.71. The van der Waals surface area contributed by atoms with Crippen LogP contribution in [-0.2, 0) is 0 Å². The third-order valence-corrected chi connectivity index (χ3v) is 3.84. The zero-order valence-corrected chi connectivity index (χ0v) is 12.6. The van der Waals surface area contributed by atoms with Crippen molar-refractivity contribution in [1.82, 2.24) is 29.6 Å². The van der Waals surface area contributed by atoms with E-state index in [0.29, 0.717) is 38.6 Å². The van der Waals surface area contributed by atoms with Crippen molar-refractivity contribution < 1.29 is 0 Å². The fraction of sp³-hybridized carbons (Fsp3) is 0.100. The van der Waals surface area contributed by atoms with Crippen LogP contribution in [0.5, 0.6) is 0 Å². The summed E-state index contributed by atoms with van der Waals surface area (Å²) < 4.78 is 2.61. The number of H-pyrrole nitrogens is 2. The van der Waals surface area contributed by atoms with E-state index in [1.807, 2.05) is 0 Å². The maximum Gasteiger partial charge on any atom is 0.200 e. The lowest BCUT2D eigenvalue weighted by atomic mass is 10.5. The Morgan fingerprint density at radius 3 is 2.64 bits per heavy atom. The Bertz CT molecular complexity index is 1010. The van der Waals surface area contributed by atoms with Crippen molar-refractivity contribution in [2.75, 3.05) is 28.5 Å². The second-order valence-electron chi connectivity index (χ2n) is 4.60. The standard InChI is InChI=1S/C10H10N10S2/c11-9-15-5-3(7(21)17-9)13-1-19(5)20-2-14-4-6(20)16-10(12)18-8(4)22/h1,14H,2H2,(H3,11,15,17,21)(H3,12,16,18,22). The monoisotopic (exact) mass is 334 g/mol. The number of nitrogens with zero attached hydrogens (tertiary/aromatic N) is 5. The number of anilines is 4. The van der Waals surface area contributed by atoms with E-state index in [4.69, 9.17) is 35.9 Å². The summed E-state index contributed by atoms with van der Waals surface area (Å²) in [6, 6.07) is 0. The Hall–Kier alpha value is -2.73. The molecule has 1 aliphatic heterocycles. The number of aromatic amines is 2. The Labute approximate surface area is 133 Å². The second kappa shape index (κ2) is 4.38. The number of nitrogens with two attached hydrogens (primary N) is 2. The molecule has 0 saturated carbocycles. The van der Waals surface area contributed by atoms with Crippen molar-refractivity contribution in [3.05, 3.63) is 15.6 Å². The van der Waals surface area contributed by atoms with Gasteiger partial charge in [0.25, 0.3) is 0 Å². The molecule has 12 heteroatoms. The summed E-state index contributed by atoms with van der Waals surface area (Å²) in [5.41, 5.74) is 13.2. The summed E-state index contributed by atoms with van der Waals surface area (Å²) >= 11 is 10.4. The van der Waals surface area contributed by atoms with E-state index in [9.17, 15) is 0 Å². The summed E-state index contributed by atoms with van der Waals surface area (Å²) in [7, 11) is 0. The number of hydrogen-bond donors (Lipinski definition) is 5. The lowest BCUT2D eigenvalue weighted by molar-refractivity contribution is 0.743. The quantitative estimate of drug-likeness (QED) is 0.407. The van der Waals surface area contributed by atoms with E-state index in [2.05, 4.69) is 30.2 Å². The minimum absolute atomic E-state index is 0.212. The van der Waals surface area contributed by atoms with E-state index in [1.165, 1.54) is 0 Å². The van der Waals surface area contributed by atoms with Crippen LogP contribution < -0.4 is 21.8 Å². The Kier molecular flexibility index (Phi) is 2.58. The van der Waals surface area contributed by atoms with Gasteiger partial charge >= 0.3 is 0 Å². The molecule has 0 amide bonds. The molecule has 0 bridgehead atoms. The summed E-state index contributed by atoms with van der Waals surface area (Å²) in [5, 5.41) is 4.96. The first-order valence-corrected chi connectivity index (χ1v) is 7.00. The third-order valence-electron chi connectivity index (χ3n) is 3.24. The van der Waals surface area contributed by atoms with Crippen LogP contribution in [0.25, 0.3) is 11.2 Å². The fourth-order valence-electron chi connectivity index (χ4n) is 2.32. The van der Waals surface area contributed by atoms with Gasteiger partial charge in [0.2, 0.25) is 11.9 Å². The van der Waals surface area contributed by atoms with Crippen LogP contribution >= 0.6 is 24.4 Å². The zero-order chi connectivity index (χ0) is 15.4. The molecule has 112 valence electrons. The topological polar surface area (TPSA) is 142 Å². The van der Waals surface area contributed by atoms with Crippen LogP contribution in [-0.4, -0.2) is 36.3 Å². The van der Waals surface area contributed by atoms with Crippen molar-refractivity contribution in [1.29, 1.82) is 0 Å². The summed E-state index contributed by atoms with van der Waals surface area (Å²) in [5.74, 6) is 1.02. The molecule has 0 spiro atoms. The first kappa shape index (κ1) is 13.0. The first-order valence-electron chi connectivity index (χ1n) is 6.19. The molecule has 3 aromatic heterocycles. The van der Waals surface area contributed by atoms with Crippen LogP contribution in [0, 0.1) is 9.28 Å². The molecule has 0 atom stereocenters. The summed E-state index contributed by atoms with van der Waals surface area (Å²) in [6.07, 6.45) is 1.59. The van der Waals surface area contributed by atoms with Gasteiger partial charge in [0, 0.05) is 0 Å². The van der Waals surface area contributed by atoms with Crippen molar-refractivity contribution in [2.24, 2.45) is 0 Å². The van der Waals surface area contributed by atoms with Crippen LogP contribution in [0.4, 0.5) is 23.4 Å². The minimum Gasteiger partial charge on any atom is -0.369 e. The molecular formula is C10H10N10S2. The van der Waals surface area contributed by atoms with E-state index in [0.717, 1.165) is 0 Å². The van der Waals surface area contributed by atoms with Gasteiger partial charge in [-0.15, -0.1) is 0 Å². The Balaban J connectivity index is 1.97. The molecule has 0 saturated heterocycles. The minimum atomic E-state index is 0.212. The molecule has 4 rings (SSSR count). The molecule has 0 aliphatic carbocycles. The lowest BCUT2D eigenvalue weighted by Gasteiger charge is -2.18. The number of imidazole rings is 1. The number of aromatic nitrogens is 6. The van der Waals surface area contributed by atoms with Gasteiger partial charge in [0.05, 0.1) is 0 Å². The van der Waals surface area contributed by atoms with Crippen LogP contribution in [0.2, 0.25) is 0 Å². The highest BCUT2D eigenvalue weighted by Gasteiger charge is 2.25. The smallest absolute Gasteiger partial charge is 0.200 e. The van der Waals surface area contributed by atoms with Crippen molar-refractivity contribution in [2.45, 2.75) is 0 Å². The van der Waals surface area contributed by atoms with Gasteiger partial charge in [-0.25, -0.2) is 14.7 Å². The molecule has 22 heavy (non-hydrogen) atoms. The molecule has 0 fully saturated rings. The predicted molar refractivity (Wildman–Crippen MR) is 87.3 cm³/mol. The Morgan fingerprint density at radius 2 is 1.82 bits per heavy atom. The van der Waals surface area contributed by atoms with Gasteiger partial charge in [-0.2, -0.15) is 9.97 Å². The Morgan fingerprint density at radius 1 is 1.09 bits per heavy atom. The van der Waals surface area contributed by atoms with Gasteiger partial charge in [-0.1, -0.05) is 24.4 Å². The summed E-state index contributed by atoms with van der Waals surface area (Å²) in [4.78, 5) is 18.4. The number of hydrogen-bond acceptors (Lipinski definition) is 9. The number of nitrogen functional groups attached to an aromatic ring is 2. The fourth-order valence-corrected chi connectivity index (χ4v) is 2.84. The normalized spacial score (nSPS) is 13.4. The SMILES string of the molecule is Nc1nc2c(c(=S)[nH]1)NCN2n1cnc2c(=S)[nH]c(N)nc21. The molecular weight excluding hydrogens is 324 g/mol. The zero-order valence-electron chi connectivity index (χ0n) is 11.0. The molecule has 3 aromatic rings. The molecule has 7 N–H and O–H groups in total. The maximum absolute atomic E-state index is 5.74. The van der Waals surface area contributed by atoms with Gasteiger partial charge in [-0.05, 0) is 0 Å². The highest BCUT2D eigenvalue weighted by Crippen LogP contribution is 2.31. The first-order chi connectivity index (χ1) is 10.5. The number of fused-ring (bicyclic) bond motifs is 2. The van der Waals surface area contributed by atoms with Crippen LogP contribution in [0.1, 0.15) is 0 Å². The van der Waals surface area contributed by atoms with E-state index < -0.39 is 0 Å². The average molecular weight is 334 g/mol. The molecule has 0 radical (unpaired) electrons. The van der Waals surface area contributed by atoms with Crippen molar-refractivity contribution >= 4 is 59.0 Å². The largest absolute Gasteiger partial charge is 0.369 e. The number of rotatable bonds is 1. The maximum atomic E-state index is 5.74. The molecule has 0 aromatic carbocycles. The highest BCUT2D eigenvalue weighted by atomic mass is 32.1. The lowest BCUT2D eigenvalue weighted by Crippen LogP contribution is -2.29. The van der Waals surface area contributed by atoms with Crippen LogP contribution in [0.15, 0.2) is 6.33 Å². The van der Waals surface area contributed by atoms with Gasteiger partial charge in [0.15, 0.2) is 11.5 Å². The number of nitrogens with one attached hydrogen (secondary N) is 3. The van der Waals surface area contributed by atoms with Gasteiger partial charge in [0.1, 0.15) is 33.5 Å². The van der Waals surface area contributed by atoms with Crippen molar-refractivity contribution in [3.8, 4) is 0 Å². The van der Waals surface area contributed by atoms with E-state index in [1.54, 1.807) is 16.0 Å². The molecule has 1 aliphatic rings. The molecule has 10 nitrogen and oxygen atoms in total. The third kappa shape index (κ3) is 1.74. The second-order valence-corrected chi connectivity index (χ2v) is 5.41.